The first-order valence-corrected chi connectivity index (χ1v) is 27.8. The number of hydrogen-bond acceptors (Lipinski definition) is 4. The van der Waals surface area contributed by atoms with Crippen molar-refractivity contribution >= 4 is 105 Å². The number of benzene rings is 8. The predicted molar refractivity (Wildman–Crippen MR) is 262 cm³/mol. The van der Waals surface area contributed by atoms with E-state index in [-0.39, 0.29) is 0 Å². The number of anilines is 6. The van der Waals surface area contributed by atoms with Gasteiger partial charge < -0.3 is 18.6 Å². The van der Waals surface area contributed by atoms with Gasteiger partial charge in [0, 0.05) is 55.7 Å². The molecule has 0 N–H and O–H groups in total. The first-order chi connectivity index (χ1) is 29.0. The molecule has 0 amide bonds. The summed E-state index contributed by atoms with van der Waals surface area (Å²) in [6.07, 6.45) is 0. The number of para-hydroxylation sites is 2. The highest BCUT2D eigenvalue weighted by molar-refractivity contribution is 6.89. The van der Waals surface area contributed by atoms with Gasteiger partial charge in [0.15, 0.2) is 0 Å². The smallest absolute Gasteiger partial charge is 0.135 e. The van der Waals surface area contributed by atoms with Gasteiger partial charge in [0.25, 0.3) is 0 Å². The Labute approximate surface area is 354 Å². The minimum atomic E-state index is -1.47. The van der Waals surface area contributed by atoms with E-state index in [1.165, 1.54) is 10.4 Å². The summed E-state index contributed by atoms with van der Waals surface area (Å²) in [6, 6.07) is 65.9. The van der Waals surface area contributed by atoms with Crippen molar-refractivity contribution in [2.24, 2.45) is 0 Å². The van der Waals surface area contributed by atoms with Crippen molar-refractivity contribution in [3.8, 4) is 11.1 Å². The van der Waals surface area contributed by atoms with Gasteiger partial charge in [-0.15, -0.1) is 0 Å². The minimum absolute atomic E-state index is 0.894. The first kappa shape index (κ1) is 37.7. The van der Waals surface area contributed by atoms with Gasteiger partial charge in [-0.05, 0) is 108 Å². The lowest BCUT2D eigenvalue weighted by atomic mass is 10.0. The summed E-state index contributed by atoms with van der Waals surface area (Å²) in [7, 11) is -2.93. The van der Waals surface area contributed by atoms with E-state index in [2.05, 4.69) is 207 Å². The van der Waals surface area contributed by atoms with E-state index in [9.17, 15) is 0 Å². The summed E-state index contributed by atoms with van der Waals surface area (Å²) in [4.78, 5) is 4.71. The van der Waals surface area contributed by atoms with E-state index in [1.54, 1.807) is 0 Å². The fraction of sp³-hybridized carbons (Fsp3) is 0.111. The van der Waals surface area contributed by atoms with Crippen LogP contribution in [0.25, 0.3) is 55.0 Å². The average Bonchev–Trinajstić information content (AvgIpc) is 3.82. The van der Waals surface area contributed by atoms with Crippen molar-refractivity contribution in [2.75, 3.05) is 9.80 Å². The Kier molecular flexibility index (Phi) is 9.15. The van der Waals surface area contributed by atoms with Gasteiger partial charge in [0.1, 0.15) is 22.3 Å². The molecule has 4 nitrogen and oxygen atoms in total. The molecule has 0 atom stereocenters. The molecular formula is C54H48N2O2Si2. The van der Waals surface area contributed by atoms with Crippen LogP contribution in [0.4, 0.5) is 34.1 Å². The standard InChI is InChI=1S/C54H48N2O2Si2/c1-59(2,3)45-29-23-41(24-30-45)55(43-27-33-53-49(35-43)47-11-7-9-13-51(47)57-53)39-19-15-37(16-20-39)38-17-21-40(22-18-38)56(42-25-31-46(32-26-42)60(4,5)6)44-28-34-54-50(36-44)48-12-8-10-14-52(48)58-54/h7-36H,1-6H3. The maximum absolute atomic E-state index is 6.22. The van der Waals surface area contributed by atoms with Gasteiger partial charge in [-0.2, -0.15) is 0 Å². The predicted octanol–water partition coefficient (Wildman–Crippen LogP) is 15.2. The van der Waals surface area contributed by atoms with Crippen molar-refractivity contribution in [2.45, 2.75) is 39.3 Å². The SMILES string of the molecule is C[Si](C)(C)c1ccc(N(c2ccc(-c3ccc(N(c4ccc([Si](C)(C)C)cc4)c4ccc5oc6ccccc6c5c4)cc3)cc2)c2ccc3oc4ccccc4c3c2)cc1. The third-order valence-electron chi connectivity index (χ3n) is 11.8. The zero-order valence-electron chi connectivity index (χ0n) is 35.0. The summed E-state index contributed by atoms with van der Waals surface area (Å²) in [5, 5.41) is 7.36. The Morgan fingerprint density at radius 3 is 0.950 bits per heavy atom. The molecule has 0 aliphatic rings. The van der Waals surface area contributed by atoms with Crippen LogP contribution in [-0.2, 0) is 0 Å². The van der Waals surface area contributed by atoms with E-state index in [1.807, 2.05) is 24.3 Å². The largest absolute Gasteiger partial charge is 0.456 e. The molecular weight excluding hydrogens is 765 g/mol. The van der Waals surface area contributed by atoms with E-state index in [0.717, 1.165) is 89.1 Å². The minimum Gasteiger partial charge on any atom is -0.456 e. The molecule has 0 spiro atoms. The molecule has 0 bridgehead atoms. The maximum atomic E-state index is 6.22. The first-order valence-electron chi connectivity index (χ1n) is 20.8. The van der Waals surface area contributed by atoms with E-state index >= 15 is 0 Å². The second-order valence-corrected chi connectivity index (χ2v) is 28.1. The summed E-state index contributed by atoms with van der Waals surface area (Å²) in [5.41, 5.74) is 12.5. The highest BCUT2D eigenvalue weighted by Crippen LogP contribution is 2.41. The lowest BCUT2D eigenvalue weighted by molar-refractivity contribution is 0.668. The van der Waals surface area contributed by atoms with Crippen LogP contribution >= 0.6 is 0 Å². The Balaban J connectivity index is 1.01. The van der Waals surface area contributed by atoms with Gasteiger partial charge in [-0.1, -0.05) is 135 Å². The zero-order valence-corrected chi connectivity index (χ0v) is 37.0. The number of furan rings is 2. The van der Waals surface area contributed by atoms with Crippen LogP contribution in [0.5, 0.6) is 0 Å². The third-order valence-corrected chi connectivity index (χ3v) is 15.9. The molecule has 10 aromatic rings. The van der Waals surface area contributed by atoms with Crippen molar-refractivity contribution in [3.05, 3.63) is 182 Å². The summed E-state index contributed by atoms with van der Waals surface area (Å²) < 4.78 is 12.4. The molecule has 294 valence electrons. The van der Waals surface area contributed by atoms with E-state index < -0.39 is 16.1 Å². The normalized spacial score (nSPS) is 12.2. The molecule has 0 aliphatic heterocycles. The number of rotatable bonds is 9. The summed E-state index contributed by atoms with van der Waals surface area (Å²) >= 11 is 0. The van der Waals surface area contributed by atoms with Gasteiger partial charge in [0.05, 0.1) is 16.1 Å². The summed E-state index contributed by atoms with van der Waals surface area (Å²) in [6.45, 7) is 14.4. The van der Waals surface area contributed by atoms with Gasteiger partial charge in [-0.25, -0.2) is 0 Å². The molecule has 60 heavy (non-hydrogen) atoms. The fourth-order valence-corrected chi connectivity index (χ4v) is 10.8. The molecule has 6 heteroatoms. The van der Waals surface area contributed by atoms with Gasteiger partial charge in [-0.3, -0.25) is 0 Å². The van der Waals surface area contributed by atoms with Crippen LogP contribution in [0.1, 0.15) is 0 Å². The van der Waals surface area contributed by atoms with Gasteiger partial charge >= 0.3 is 0 Å². The molecule has 0 fully saturated rings. The lowest BCUT2D eigenvalue weighted by Gasteiger charge is -2.27. The number of nitrogens with zero attached hydrogens (tertiary/aromatic N) is 2. The number of fused-ring (bicyclic) bond motifs is 6. The van der Waals surface area contributed by atoms with Crippen LogP contribution in [0.2, 0.25) is 39.3 Å². The molecule has 2 aromatic heterocycles. The molecule has 0 aliphatic carbocycles. The Morgan fingerprint density at radius 1 is 0.300 bits per heavy atom. The van der Waals surface area contributed by atoms with Crippen LogP contribution in [-0.4, -0.2) is 16.1 Å². The molecule has 0 saturated heterocycles. The monoisotopic (exact) mass is 812 g/mol. The van der Waals surface area contributed by atoms with Crippen LogP contribution in [0.15, 0.2) is 191 Å². The molecule has 0 unspecified atom stereocenters. The molecule has 8 aromatic carbocycles. The average molecular weight is 813 g/mol. The Morgan fingerprint density at radius 2 is 0.600 bits per heavy atom. The topological polar surface area (TPSA) is 32.8 Å². The van der Waals surface area contributed by atoms with E-state index in [0.29, 0.717) is 0 Å². The maximum Gasteiger partial charge on any atom is 0.135 e. The quantitative estimate of drug-likeness (QED) is 0.136. The van der Waals surface area contributed by atoms with Crippen LogP contribution in [0, 0.1) is 0 Å². The Hall–Kier alpha value is -6.61. The van der Waals surface area contributed by atoms with Crippen molar-refractivity contribution in [3.63, 3.8) is 0 Å². The molecule has 0 saturated carbocycles. The van der Waals surface area contributed by atoms with Crippen molar-refractivity contribution in [1.29, 1.82) is 0 Å². The number of hydrogen-bond donors (Lipinski definition) is 0. The molecule has 2 heterocycles. The van der Waals surface area contributed by atoms with Gasteiger partial charge in [0.2, 0.25) is 0 Å². The van der Waals surface area contributed by atoms with Crippen LogP contribution in [0.3, 0.4) is 0 Å². The summed E-state index contributed by atoms with van der Waals surface area (Å²) in [5.74, 6) is 0. The van der Waals surface area contributed by atoms with Crippen molar-refractivity contribution in [1.82, 2.24) is 0 Å². The fourth-order valence-electron chi connectivity index (χ4n) is 8.43. The second kappa shape index (κ2) is 14.6. The van der Waals surface area contributed by atoms with E-state index in [4.69, 9.17) is 8.83 Å². The van der Waals surface area contributed by atoms with Crippen LogP contribution < -0.4 is 20.2 Å². The third kappa shape index (κ3) is 6.91. The highest BCUT2D eigenvalue weighted by atomic mass is 28.3. The molecule has 0 radical (unpaired) electrons. The highest BCUT2D eigenvalue weighted by Gasteiger charge is 2.21. The lowest BCUT2D eigenvalue weighted by Crippen LogP contribution is -2.37. The van der Waals surface area contributed by atoms with Crippen molar-refractivity contribution < 1.29 is 8.83 Å². The second-order valence-electron chi connectivity index (χ2n) is 17.9. The Bertz CT molecular complexity index is 2930. The molecule has 10 rings (SSSR count). The zero-order chi connectivity index (χ0) is 41.2.